The predicted molar refractivity (Wildman–Crippen MR) is 107 cm³/mol. The molecule has 3 aromatic rings. The summed E-state index contributed by atoms with van der Waals surface area (Å²) < 4.78 is 35.5. The first-order valence-electron chi connectivity index (χ1n) is 9.10. The van der Waals surface area contributed by atoms with Crippen LogP contribution in [0.3, 0.4) is 0 Å². The van der Waals surface area contributed by atoms with Gasteiger partial charge in [-0.25, -0.2) is 22.8 Å². The number of aryl methyl sites for hydroxylation is 2. The molecule has 0 bridgehead atoms. The second kappa shape index (κ2) is 7.40. The highest BCUT2D eigenvalue weighted by Gasteiger charge is 2.35. The van der Waals surface area contributed by atoms with Gasteiger partial charge in [-0.1, -0.05) is 18.5 Å². The molecule has 3 heterocycles. The highest BCUT2D eigenvalue weighted by Crippen LogP contribution is 2.33. The molecule has 12 heteroatoms. The summed E-state index contributed by atoms with van der Waals surface area (Å²) in [5.74, 6) is 0.463. The van der Waals surface area contributed by atoms with E-state index in [1.54, 1.807) is 19.3 Å². The number of hydrogen-bond acceptors (Lipinski definition) is 7. The van der Waals surface area contributed by atoms with Crippen LogP contribution in [-0.4, -0.2) is 45.0 Å². The van der Waals surface area contributed by atoms with Crippen molar-refractivity contribution in [2.75, 3.05) is 0 Å². The molecule has 0 aromatic carbocycles. The standard InChI is InChI=1S/C18H19ClN6O4S/c1-10-8-13(10)29-16-6-7-25(22-16)15-5-4-12(17(19)20-15)18(26)23-30(27,28)14-9-24(3)21-11(14)2/h4-7,9-10,13H,8H2,1-3H3,(H,23,26)/t10-,13+/m0/s1. The molecule has 158 valence electrons. The van der Waals surface area contributed by atoms with Gasteiger partial charge < -0.3 is 4.74 Å². The van der Waals surface area contributed by atoms with Crippen LogP contribution in [0, 0.1) is 12.8 Å². The van der Waals surface area contributed by atoms with Crippen LogP contribution in [0.25, 0.3) is 5.82 Å². The van der Waals surface area contributed by atoms with Crippen molar-refractivity contribution in [1.82, 2.24) is 29.3 Å². The van der Waals surface area contributed by atoms with Gasteiger partial charge in [0.1, 0.15) is 16.2 Å². The van der Waals surface area contributed by atoms with Crippen LogP contribution in [0.1, 0.15) is 29.4 Å². The lowest BCUT2D eigenvalue weighted by Gasteiger charge is -2.08. The van der Waals surface area contributed by atoms with Gasteiger partial charge in [-0.05, 0) is 31.4 Å². The maximum Gasteiger partial charge on any atom is 0.268 e. The summed E-state index contributed by atoms with van der Waals surface area (Å²) in [5, 5.41) is 8.11. The Labute approximate surface area is 177 Å². The molecule has 1 aliphatic carbocycles. The molecule has 1 fully saturated rings. The molecule has 3 aromatic heterocycles. The number of sulfonamides is 1. The first kappa shape index (κ1) is 20.4. The third-order valence-electron chi connectivity index (χ3n) is 4.67. The molecular formula is C18H19ClN6O4S. The molecule has 1 N–H and O–H groups in total. The van der Waals surface area contributed by atoms with E-state index in [2.05, 4.69) is 22.1 Å². The number of halogens is 1. The van der Waals surface area contributed by atoms with Crippen molar-refractivity contribution in [3.05, 3.63) is 47.0 Å². The number of hydrogen-bond donors (Lipinski definition) is 1. The average Bonchev–Trinajstić information content (AvgIpc) is 3.03. The summed E-state index contributed by atoms with van der Waals surface area (Å²) in [6, 6.07) is 4.61. The summed E-state index contributed by atoms with van der Waals surface area (Å²) in [5.41, 5.74) is 0.190. The Kier molecular flexibility index (Phi) is 5.02. The molecule has 30 heavy (non-hydrogen) atoms. The van der Waals surface area contributed by atoms with E-state index in [-0.39, 0.29) is 27.4 Å². The summed E-state index contributed by atoms with van der Waals surface area (Å²) >= 11 is 6.15. The Morgan fingerprint density at radius 1 is 1.30 bits per heavy atom. The zero-order chi connectivity index (χ0) is 21.6. The van der Waals surface area contributed by atoms with Gasteiger partial charge >= 0.3 is 0 Å². The third-order valence-corrected chi connectivity index (χ3v) is 6.39. The molecule has 0 saturated heterocycles. The molecule has 2 atom stereocenters. The molecular weight excluding hydrogens is 432 g/mol. The van der Waals surface area contributed by atoms with Gasteiger partial charge in [0.2, 0.25) is 5.88 Å². The first-order valence-corrected chi connectivity index (χ1v) is 11.0. The van der Waals surface area contributed by atoms with Crippen LogP contribution in [0.4, 0.5) is 0 Å². The number of carbonyl (C=O) groups is 1. The summed E-state index contributed by atoms with van der Waals surface area (Å²) in [7, 11) is -2.52. The molecule has 0 spiro atoms. The van der Waals surface area contributed by atoms with Gasteiger partial charge in [0.25, 0.3) is 15.9 Å². The molecule has 0 radical (unpaired) electrons. The molecule has 1 aliphatic rings. The van der Waals surface area contributed by atoms with E-state index < -0.39 is 15.9 Å². The van der Waals surface area contributed by atoms with E-state index >= 15 is 0 Å². The number of nitrogens with one attached hydrogen (secondary N) is 1. The smallest absolute Gasteiger partial charge is 0.268 e. The Morgan fingerprint density at radius 3 is 2.63 bits per heavy atom. The first-order chi connectivity index (χ1) is 14.1. The number of nitrogens with zero attached hydrogens (tertiary/aromatic N) is 5. The summed E-state index contributed by atoms with van der Waals surface area (Å²) in [6.45, 7) is 3.64. The van der Waals surface area contributed by atoms with Crippen LogP contribution in [0.15, 0.2) is 35.5 Å². The largest absolute Gasteiger partial charge is 0.473 e. The van der Waals surface area contributed by atoms with Crippen molar-refractivity contribution >= 4 is 27.5 Å². The van der Waals surface area contributed by atoms with Crippen molar-refractivity contribution in [3.63, 3.8) is 0 Å². The molecule has 10 nitrogen and oxygen atoms in total. The number of pyridine rings is 1. The topological polar surface area (TPSA) is 121 Å². The van der Waals surface area contributed by atoms with Crippen molar-refractivity contribution in [2.24, 2.45) is 13.0 Å². The Bertz CT molecular complexity index is 1240. The summed E-state index contributed by atoms with van der Waals surface area (Å²) in [4.78, 5) is 16.6. The zero-order valence-electron chi connectivity index (χ0n) is 16.4. The minimum Gasteiger partial charge on any atom is -0.473 e. The number of ether oxygens (including phenoxy) is 1. The fraction of sp³-hybridized carbons (Fsp3) is 0.333. The Balaban J connectivity index is 1.51. The molecule has 0 aliphatic heterocycles. The quantitative estimate of drug-likeness (QED) is 0.569. The van der Waals surface area contributed by atoms with Crippen LogP contribution in [0.5, 0.6) is 5.88 Å². The van der Waals surface area contributed by atoms with E-state index in [4.69, 9.17) is 16.3 Å². The van der Waals surface area contributed by atoms with Gasteiger partial charge in [0.05, 0.1) is 11.3 Å². The van der Waals surface area contributed by atoms with Crippen molar-refractivity contribution in [1.29, 1.82) is 0 Å². The maximum atomic E-state index is 12.5. The minimum absolute atomic E-state index is 0.0824. The number of amides is 1. The second-order valence-electron chi connectivity index (χ2n) is 7.16. The SMILES string of the molecule is Cc1nn(C)cc1S(=O)(=O)NC(=O)c1ccc(-n2ccc(O[C@@H]3C[C@@H]3C)n2)nc1Cl. The average molecular weight is 451 g/mol. The fourth-order valence-corrected chi connectivity index (χ4v) is 4.32. The van der Waals surface area contributed by atoms with Crippen LogP contribution in [-0.2, 0) is 17.1 Å². The number of carbonyl (C=O) groups excluding carboxylic acids is 1. The highest BCUT2D eigenvalue weighted by molar-refractivity contribution is 7.90. The molecule has 4 rings (SSSR count). The highest BCUT2D eigenvalue weighted by atomic mass is 35.5. The van der Waals surface area contributed by atoms with E-state index in [1.165, 1.54) is 34.6 Å². The Hall–Kier alpha value is -2.92. The van der Waals surface area contributed by atoms with Gasteiger partial charge in [-0.3, -0.25) is 9.48 Å². The van der Waals surface area contributed by atoms with Crippen LogP contribution in [0.2, 0.25) is 5.15 Å². The predicted octanol–water partition coefficient (Wildman–Crippen LogP) is 1.87. The lowest BCUT2D eigenvalue weighted by molar-refractivity contribution is 0.0981. The van der Waals surface area contributed by atoms with Crippen molar-refractivity contribution < 1.29 is 17.9 Å². The van der Waals surface area contributed by atoms with Crippen LogP contribution < -0.4 is 9.46 Å². The number of rotatable bonds is 6. The molecule has 1 saturated carbocycles. The van der Waals surface area contributed by atoms with Crippen molar-refractivity contribution in [3.8, 4) is 11.7 Å². The second-order valence-corrected chi connectivity index (χ2v) is 9.17. The normalized spacial score (nSPS) is 18.3. The van der Waals surface area contributed by atoms with E-state index in [1.807, 2.05) is 4.72 Å². The fourth-order valence-electron chi connectivity index (χ4n) is 2.90. The van der Waals surface area contributed by atoms with Gasteiger partial charge in [0.15, 0.2) is 5.82 Å². The third kappa shape index (κ3) is 4.03. The van der Waals surface area contributed by atoms with Gasteiger partial charge in [0, 0.05) is 25.5 Å². The lowest BCUT2D eigenvalue weighted by atomic mass is 10.3. The Morgan fingerprint density at radius 2 is 2.03 bits per heavy atom. The molecule has 1 amide bonds. The van der Waals surface area contributed by atoms with Crippen LogP contribution >= 0.6 is 11.6 Å². The maximum absolute atomic E-state index is 12.5. The summed E-state index contributed by atoms with van der Waals surface area (Å²) in [6.07, 6.45) is 4.16. The van der Waals surface area contributed by atoms with E-state index in [0.29, 0.717) is 17.6 Å². The zero-order valence-corrected chi connectivity index (χ0v) is 18.0. The van der Waals surface area contributed by atoms with Gasteiger partial charge in [-0.2, -0.15) is 5.10 Å². The monoisotopic (exact) mass is 450 g/mol. The number of aromatic nitrogens is 5. The van der Waals surface area contributed by atoms with E-state index in [0.717, 1.165) is 6.42 Å². The minimum atomic E-state index is -4.11. The van der Waals surface area contributed by atoms with Gasteiger partial charge in [-0.15, -0.1) is 5.10 Å². The molecule has 0 unspecified atom stereocenters. The van der Waals surface area contributed by atoms with Crippen molar-refractivity contribution in [2.45, 2.75) is 31.3 Å². The van der Waals surface area contributed by atoms with E-state index in [9.17, 15) is 13.2 Å². The lowest BCUT2D eigenvalue weighted by Crippen LogP contribution is -2.31.